The highest BCUT2D eigenvalue weighted by molar-refractivity contribution is 7.86. The van der Waals surface area contributed by atoms with Gasteiger partial charge < -0.3 is 10.0 Å². The number of fused-ring (bicyclic) bond motifs is 4. The van der Waals surface area contributed by atoms with Crippen molar-refractivity contribution in [1.29, 1.82) is 0 Å². The van der Waals surface area contributed by atoms with Crippen LogP contribution in [0.15, 0.2) is 64.5 Å². The fourth-order valence-electron chi connectivity index (χ4n) is 7.37. The Morgan fingerprint density at radius 1 is 0.979 bits per heavy atom. The van der Waals surface area contributed by atoms with Crippen molar-refractivity contribution >= 4 is 43.2 Å². The van der Waals surface area contributed by atoms with E-state index >= 15 is 0 Å². The zero-order valence-electron chi connectivity index (χ0n) is 27.4. The van der Waals surface area contributed by atoms with Gasteiger partial charge in [0.2, 0.25) is 5.36 Å². The minimum Gasteiger partial charge on any atom is -0.481 e. The maximum atomic E-state index is 12.1. The molecule has 0 aromatic heterocycles. The number of aliphatic carboxylic acids is 1. The summed E-state index contributed by atoms with van der Waals surface area (Å²) in [4.78, 5) is 18.4. The first-order valence-corrected chi connectivity index (χ1v) is 18.9. The van der Waals surface area contributed by atoms with Gasteiger partial charge in [-0.3, -0.25) is 13.9 Å². The molecule has 11 nitrogen and oxygen atoms in total. The number of hydrogen-bond acceptors (Lipinski definition) is 7. The monoisotopic (exact) mass is 694 g/mol. The van der Waals surface area contributed by atoms with Gasteiger partial charge in [0.15, 0.2) is 6.54 Å². The van der Waals surface area contributed by atoms with Gasteiger partial charge in [-0.1, -0.05) is 32.1 Å². The third kappa shape index (κ3) is 6.56. The van der Waals surface area contributed by atoms with Crippen molar-refractivity contribution in [3.05, 3.63) is 93.1 Å². The van der Waals surface area contributed by atoms with Crippen molar-refractivity contribution in [2.24, 2.45) is 4.99 Å². The molecule has 0 atom stereocenters. The lowest BCUT2D eigenvalue weighted by Crippen LogP contribution is -2.46. The molecule has 13 heteroatoms. The average Bonchev–Trinajstić information content (AvgIpc) is 2.96. The molecule has 0 radical (unpaired) electrons. The van der Waals surface area contributed by atoms with Gasteiger partial charge in [-0.15, -0.1) is 0 Å². The van der Waals surface area contributed by atoms with Gasteiger partial charge in [0, 0.05) is 53.2 Å². The molecule has 0 amide bonds. The van der Waals surface area contributed by atoms with E-state index in [1.54, 1.807) is 12.1 Å². The first kappa shape index (κ1) is 34.0. The second kappa shape index (κ2) is 11.9. The van der Waals surface area contributed by atoms with Crippen molar-refractivity contribution in [1.82, 2.24) is 4.58 Å². The molecule has 3 N–H and O–H groups in total. The number of aryl methyl sites for hydroxylation is 1. The Kier molecular flexibility index (Phi) is 8.42. The van der Waals surface area contributed by atoms with Crippen molar-refractivity contribution in [3.8, 4) is 0 Å². The number of carboxylic acid groups (broad SMARTS) is 1. The van der Waals surface area contributed by atoms with Crippen LogP contribution in [0.2, 0.25) is 0 Å². The van der Waals surface area contributed by atoms with E-state index in [1.807, 2.05) is 32.1 Å². The van der Waals surface area contributed by atoms with Crippen LogP contribution >= 0.6 is 0 Å². The van der Waals surface area contributed by atoms with Crippen LogP contribution in [0.5, 0.6) is 0 Å². The maximum Gasteiger partial charge on any atom is 0.303 e. The molecule has 48 heavy (non-hydrogen) atoms. The van der Waals surface area contributed by atoms with E-state index in [9.17, 15) is 35.8 Å². The molecule has 6 rings (SSSR count). The van der Waals surface area contributed by atoms with E-state index in [4.69, 9.17) is 4.99 Å². The molecule has 0 aliphatic carbocycles. The molecule has 0 unspecified atom stereocenters. The largest absolute Gasteiger partial charge is 0.481 e. The molecule has 3 aliphatic rings. The Morgan fingerprint density at radius 2 is 1.69 bits per heavy atom. The Balaban J connectivity index is 1.49. The lowest BCUT2D eigenvalue weighted by molar-refractivity contribution is -0.137. The third-order valence-electron chi connectivity index (χ3n) is 9.68. The van der Waals surface area contributed by atoms with E-state index in [0.29, 0.717) is 36.3 Å². The molecule has 0 saturated carbocycles. The topological polar surface area (TPSA) is 165 Å². The lowest BCUT2D eigenvalue weighted by atomic mass is 9.73. The molecule has 0 saturated heterocycles. The van der Waals surface area contributed by atoms with Gasteiger partial charge in [-0.25, -0.2) is 9.57 Å². The van der Waals surface area contributed by atoms with E-state index in [0.717, 1.165) is 58.0 Å². The van der Waals surface area contributed by atoms with Gasteiger partial charge in [-0.05, 0) is 73.7 Å². The standard InChI is InChI=1S/C35H39N3O8S2/c1-34(2)19-24(21-47(41,42)43)26-16-30-28(18-32(26)38(34)14-6-8-33(39)40)35(3,4)27-17-31-23(15-29(27)36-30)7-5-13-37(31)20-22-9-11-25(12-10-22)48(44,45)46/h9-12,15-19H,5-8,13-14,20-21H2,1-4H3,(H2-,39,40,41,42,43,44,45,46)/p+1. The number of carboxylic acids is 1. The van der Waals surface area contributed by atoms with Crippen LogP contribution in [0.1, 0.15) is 74.8 Å². The van der Waals surface area contributed by atoms with Gasteiger partial charge in [-0.2, -0.15) is 16.8 Å². The van der Waals surface area contributed by atoms with Crippen molar-refractivity contribution in [3.63, 3.8) is 0 Å². The molecule has 3 heterocycles. The van der Waals surface area contributed by atoms with Crippen molar-refractivity contribution in [2.75, 3.05) is 23.7 Å². The molecule has 0 spiro atoms. The molecule has 3 aromatic rings. The first-order chi connectivity index (χ1) is 22.3. The molecular weight excluding hydrogens is 655 g/mol. The number of anilines is 1. The van der Waals surface area contributed by atoms with Crippen molar-refractivity contribution in [2.45, 2.75) is 75.8 Å². The summed E-state index contributed by atoms with van der Waals surface area (Å²) >= 11 is 0. The number of rotatable bonds is 9. The summed E-state index contributed by atoms with van der Waals surface area (Å²) in [6.45, 7) is 9.97. The summed E-state index contributed by atoms with van der Waals surface area (Å²) in [6.07, 6.45) is 4.03. The Morgan fingerprint density at radius 3 is 2.33 bits per heavy atom. The highest BCUT2D eigenvalue weighted by Gasteiger charge is 2.38. The Bertz CT molecular complexity index is 2220. The molecular formula is C35H40N3O8S2+. The maximum absolute atomic E-state index is 12.1. The molecule has 0 fully saturated rings. The minimum absolute atomic E-state index is 0.00502. The zero-order valence-corrected chi connectivity index (χ0v) is 29.0. The SMILES string of the molecule is CC1(C)c2cc3c(cc2N=c2cc4c(cc21)=[N+](Cc1ccc(S(=O)(=O)O)cc1)CCC4)C(CS(=O)(=O)O)=CC(C)(C)N3CCCC(=O)O. The van der Waals surface area contributed by atoms with Crippen LogP contribution in [0.25, 0.3) is 5.57 Å². The van der Waals surface area contributed by atoms with Gasteiger partial charge >= 0.3 is 5.97 Å². The highest BCUT2D eigenvalue weighted by Crippen LogP contribution is 2.47. The smallest absolute Gasteiger partial charge is 0.303 e. The van der Waals surface area contributed by atoms with Gasteiger partial charge in [0.1, 0.15) is 12.3 Å². The number of carbonyl (C=O) groups is 1. The minimum atomic E-state index is -4.34. The zero-order chi connectivity index (χ0) is 34.8. The number of benzene rings is 3. The molecule has 0 bridgehead atoms. The number of nitrogens with zero attached hydrogens (tertiary/aromatic N) is 3. The van der Waals surface area contributed by atoms with Crippen LogP contribution in [-0.4, -0.2) is 61.4 Å². The quantitative estimate of drug-likeness (QED) is 0.223. The van der Waals surface area contributed by atoms with Crippen LogP contribution in [-0.2, 0) is 43.4 Å². The highest BCUT2D eigenvalue weighted by atomic mass is 32.2. The second-order valence-electron chi connectivity index (χ2n) is 14.0. The average molecular weight is 695 g/mol. The van der Waals surface area contributed by atoms with Crippen LogP contribution < -0.4 is 20.2 Å². The summed E-state index contributed by atoms with van der Waals surface area (Å²) in [5.41, 5.74) is 5.46. The van der Waals surface area contributed by atoms with Crippen LogP contribution in [0, 0.1) is 0 Å². The fourth-order valence-corrected chi connectivity index (χ4v) is 8.48. The summed E-state index contributed by atoms with van der Waals surface area (Å²) in [6, 6.07) is 14.5. The van der Waals surface area contributed by atoms with Crippen LogP contribution in [0.3, 0.4) is 0 Å². The van der Waals surface area contributed by atoms with E-state index in [2.05, 4.69) is 35.5 Å². The lowest BCUT2D eigenvalue weighted by Gasteiger charge is -2.45. The van der Waals surface area contributed by atoms with E-state index in [1.165, 1.54) is 12.1 Å². The Hall–Kier alpha value is -3.91. The molecule has 3 aromatic carbocycles. The van der Waals surface area contributed by atoms with Gasteiger partial charge in [0.25, 0.3) is 20.2 Å². The normalized spacial score (nSPS) is 17.8. The summed E-state index contributed by atoms with van der Waals surface area (Å²) in [7, 11) is -8.62. The van der Waals surface area contributed by atoms with Crippen molar-refractivity contribution < 1.29 is 35.8 Å². The predicted octanol–water partition coefficient (Wildman–Crippen LogP) is 3.90. The molecule has 3 aliphatic heterocycles. The van der Waals surface area contributed by atoms with E-state index < -0.39 is 42.9 Å². The number of hydrogen-bond donors (Lipinski definition) is 3. The van der Waals surface area contributed by atoms with Crippen LogP contribution in [0.4, 0.5) is 11.4 Å². The summed E-state index contributed by atoms with van der Waals surface area (Å²) < 4.78 is 68.8. The predicted molar refractivity (Wildman–Crippen MR) is 183 cm³/mol. The second-order valence-corrected chi connectivity index (χ2v) is 16.8. The molecule has 254 valence electrons. The third-order valence-corrected chi connectivity index (χ3v) is 11.2. The summed E-state index contributed by atoms with van der Waals surface area (Å²) in [5.74, 6) is -1.44. The fraction of sp³-hybridized carbons (Fsp3) is 0.400. The Labute approximate surface area is 280 Å². The van der Waals surface area contributed by atoms with Gasteiger partial charge in [0.05, 0.1) is 21.5 Å². The van der Waals surface area contributed by atoms with E-state index in [-0.39, 0.29) is 11.3 Å². The summed E-state index contributed by atoms with van der Waals surface area (Å²) in [5, 5.41) is 11.2. The first-order valence-electron chi connectivity index (χ1n) is 15.9.